The Kier molecular flexibility index (Phi) is 5.79. The molecule has 11 heteroatoms. The molecule has 3 heterocycles. The maximum atomic E-state index is 12.7. The average Bonchev–Trinajstić information content (AvgIpc) is 3.35. The van der Waals surface area contributed by atoms with Gasteiger partial charge in [-0.1, -0.05) is 6.07 Å². The summed E-state index contributed by atoms with van der Waals surface area (Å²) in [6.07, 6.45) is -2.59. The second-order valence-electron chi connectivity index (χ2n) is 7.53. The zero-order chi connectivity index (χ0) is 23.8. The molecule has 0 saturated carbocycles. The van der Waals surface area contributed by atoms with E-state index in [1.54, 1.807) is 37.5 Å². The van der Waals surface area contributed by atoms with Gasteiger partial charge >= 0.3 is 12.1 Å². The Balaban J connectivity index is 1.50. The first-order valence-electron chi connectivity index (χ1n) is 9.96. The number of alkyl halides is 3. The summed E-state index contributed by atoms with van der Waals surface area (Å²) >= 11 is 0. The zero-order valence-corrected chi connectivity index (χ0v) is 17.6. The number of benzene rings is 1. The van der Waals surface area contributed by atoms with Crippen LogP contribution in [0.1, 0.15) is 34.2 Å². The minimum absolute atomic E-state index is 0.0473. The fraction of sp³-hybridized carbons (Fsp3) is 0.273. The molecule has 0 saturated heterocycles. The monoisotopic (exact) mass is 460 g/mol. The third-order valence-corrected chi connectivity index (χ3v) is 4.94. The van der Waals surface area contributed by atoms with Gasteiger partial charge in [0.05, 0.1) is 19.2 Å². The van der Waals surface area contributed by atoms with E-state index < -0.39 is 24.2 Å². The summed E-state index contributed by atoms with van der Waals surface area (Å²) in [6, 6.07) is 6.85. The second kappa shape index (κ2) is 8.57. The molecule has 3 aromatic heterocycles. The van der Waals surface area contributed by atoms with Crippen LogP contribution < -0.4 is 5.32 Å². The minimum Gasteiger partial charge on any atom is -0.459 e. The summed E-state index contributed by atoms with van der Waals surface area (Å²) in [5.74, 6) is -1.00. The molecule has 0 bridgehead atoms. The van der Waals surface area contributed by atoms with Crippen LogP contribution in [-0.2, 0) is 22.5 Å². The summed E-state index contributed by atoms with van der Waals surface area (Å²) in [6.45, 7) is 2.61. The first-order chi connectivity index (χ1) is 15.6. The molecule has 1 N–H and O–H groups in total. The molecule has 8 nitrogen and oxygen atoms in total. The number of nitrogens with one attached hydrogen (secondary N) is 1. The molecule has 0 aliphatic carbocycles. The molecule has 172 valence electrons. The lowest BCUT2D eigenvalue weighted by atomic mass is 10.1. The Hall–Kier alpha value is -3.89. The number of hydrogen-bond donors (Lipinski definition) is 1. The van der Waals surface area contributed by atoms with Crippen molar-refractivity contribution in [1.29, 1.82) is 0 Å². The maximum Gasteiger partial charge on any atom is 0.425 e. The SMILES string of the molecule is Cc1cc(CC(=O)O[C@H](C)C(F)(F)F)c2oc(CNC(=O)c3cnn4cccnc34)cc2c1. The van der Waals surface area contributed by atoms with Crippen molar-refractivity contribution in [1.82, 2.24) is 19.9 Å². The van der Waals surface area contributed by atoms with Gasteiger partial charge < -0.3 is 14.5 Å². The maximum absolute atomic E-state index is 12.7. The summed E-state index contributed by atoms with van der Waals surface area (Å²) < 4.78 is 49.8. The molecule has 0 unspecified atom stereocenters. The second-order valence-corrected chi connectivity index (χ2v) is 7.53. The molecule has 33 heavy (non-hydrogen) atoms. The van der Waals surface area contributed by atoms with Gasteiger partial charge in [0.1, 0.15) is 16.9 Å². The van der Waals surface area contributed by atoms with E-state index in [0.29, 0.717) is 33.5 Å². The Morgan fingerprint density at radius 3 is 2.82 bits per heavy atom. The van der Waals surface area contributed by atoms with Crippen molar-refractivity contribution in [3.63, 3.8) is 0 Å². The van der Waals surface area contributed by atoms with Crippen molar-refractivity contribution >= 4 is 28.5 Å². The number of aryl methyl sites for hydroxylation is 1. The average molecular weight is 460 g/mol. The quantitative estimate of drug-likeness (QED) is 0.440. The van der Waals surface area contributed by atoms with E-state index in [0.717, 1.165) is 12.5 Å². The van der Waals surface area contributed by atoms with Crippen molar-refractivity contribution < 1.29 is 31.9 Å². The van der Waals surface area contributed by atoms with E-state index in [4.69, 9.17) is 4.42 Å². The Morgan fingerprint density at radius 2 is 2.06 bits per heavy atom. The highest BCUT2D eigenvalue weighted by molar-refractivity contribution is 5.99. The van der Waals surface area contributed by atoms with Gasteiger partial charge in [-0.15, -0.1) is 0 Å². The highest BCUT2D eigenvalue weighted by Gasteiger charge is 2.39. The number of esters is 1. The van der Waals surface area contributed by atoms with Crippen molar-refractivity contribution in [2.24, 2.45) is 0 Å². The minimum atomic E-state index is -4.63. The number of amides is 1. The molecule has 1 atom stereocenters. The molecule has 0 aliphatic rings. The largest absolute Gasteiger partial charge is 0.459 e. The lowest BCUT2D eigenvalue weighted by Gasteiger charge is -2.16. The van der Waals surface area contributed by atoms with Crippen molar-refractivity contribution in [2.75, 3.05) is 0 Å². The molecule has 0 aliphatic heterocycles. The van der Waals surface area contributed by atoms with E-state index in [1.807, 2.05) is 6.07 Å². The summed E-state index contributed by atoms with van der Waals surface area (Å²) in [5.41, 5.74) is 2.24. The molecule has 0 radical (unpaired) electrons. The molecular formula is C22H19F3N4O4. The first-order valence-corrected chi connectivity index (χ1v) is 9.96. The molecule has 4 aromatic rings. The molecular weight excluding hydrogens is 441 g/mol. The lowest BCUT2D eigenvalue weighted by Crippen LogP contribution is -2.31. The third-order valence-electron chi connectivity index (χ3n) is 4.94. The number of ether oxygens (including phenoxy) is 1. The van der Waals surface area contributed by atoms with Gasteiger partial charge in [0.25, 0.3) is 5.91 Å². The van der Waals surface area contributed by atoms with Crippen LogP contribution in [0.2, 0.25) is 0 Å². The number of fused-ring (bicyclic) bond motifs is 2. The number of rotatable bonds is 6. The molecule has 0 spiro atoms. The van der Waals surface area contributed by atoms with Gasteiger partial charge in [-0.25, -0.2) is 9.50 Å². The van der Waals surface area contributed by atoms with Gasteiger partial charge in [-0.3, -0.25) is 9.59 Å². The molecule has 1 aromatic carbocycles. The fourth-order valence-corrected chi connectivity index (χ4v) is 3.37. The number of halogens is 3. The molecule has 0 fully saturated rings. The number of aromatic nitrogens is 3. The number of carbonyl (C=O) groups excluding carboxylic acids is 2. The third kappa shape index (κ3) is 4.81. The van der Waals surface area contributed by atoms with Crippen LogP contribution in [0.25, 0.3) is 16.6 Å². The predicted octanol–water partition coefficient (Wildman–Crippen LogP) is 3.75. The van der Waals surface area contributed by atoms with Crippen molar-refractivity contribution in [3.05, 3.63) is 65.3 Å². The number of nitrogens with zero attached hydrogens (tertiary/aromatic N) is 3. The normalized spacial score (nSPS) is 12.8. The number of hydrogen-bond acceptors (Lipinski definition) is 6. The van der Waals surface area contributed by atoms with Crippen LogP contribution in [0.3, 0.4) is 0 Å². The van der Waals surface area contributed by atoms with Crippen molar-refractivity contribution in [2.45, 2.75) is 39.1 Å². The van der Waals surface area contributed by atoms with Crippen LogP contribution >= 0.6 is 0 Å². The Bertz CT molecular complexity index is 1340. The van der Waals surface area contributed by atoms with Gasteiger partial charge in [0, 0.05) is 23.3 Å². The Morgan fingerprint density at radius 1 is 1.27 bits per heavy atom. The molecule has 4 rings (SSSR count). The summed E-state index contributed by atoms with van der Waals surface area (Å²) in [4.78, 5) is 28.7. The molecule has 1 amide bonds. The zero-order valence-electron chi connectivity index (χ0n) is 17.6. The summed E-state index contributed by atoms with van der Waals surface area (Å²) in [5, 5.41) is 7.46. The van der Waals surface area contributed by atoms with Crippen LogP contribution in [0, 0.1) is 6.92 Å². The first kappa shape index (κ1) is 22.3. The Labute approximate surface area is 185 Å². The number of carbonyl (C=O) groups is 2. The van der Waals surface area contributed by atoms with Gasteiger partial charge in [-0.05, 0) is 37.6 Å². The topological polar surface area (TPSA) is 98.7 Å². The standard InChI is InChI=1S/C22H19F3N4O4/c1-12-6-14-8-16(10-27-21(31)17-11-28-29-5-3-4-26-20(17)29)33-19(14)15(7-12)9-18(30)32-13(2)22(23,24)25/h3-8,11,13H,9-10H2,1-2H3,(H,27,31)/t13-/m1/s1. The van der Waals surface area contributed by atoms with E-state index in [2.05, 4.69) is 20.1 Å². The van der Waals surface area contributed by atoms with Gasteiger partial charge in [-0.2, -0.15) is 18.3 Å². The van der Waals surface area contributed by atoms with Crippen LogP contribution in [-0.4, -0.2) is 38.8 Å². The van der Waals surface area contributed by atoms with Gasteiger partial charge in [0.2, 0.25) is 0 Å². The fourth-order valence-electron chi connectivity index (χ4n) is 3.37. The van der Waals surface area contributed by atoms with E-state index in [9.17, 15) is 22.8 Å². The smallest absolute Gasteiger partial charge is 0.425 e. The van der Waals surface area contributed by atoms with E-state index >= 15 is 0 Å². The highest BCUT2D eigenvalue weighted by atomic mass is 19.4. The van der Waals surface area contributed by atoms with E-state index in [1.165, 1.54) is 10.7 Å². The summed E-state index contributed by atoms with van der Waals surface area (Å²) in [7, 11) is 0. The highest BCUT2D eigenvalue weighted by Crippen LogP contribution is 2.27. The van der Waals surface area contributed by atoms with E-state index in [-0.39, 0.29) is 13.0 Å². The van der Waals surface area contributed by atoms with Crippen LogP contribution in [0.15, 0.2) is 47.3 Å². The van der Waals surface area contributed by atoms with Crippen molar-refractivity contribution in [3.8, 4) is 0 Å². The van der Waals surface area contributed by atoms with Crippen LogP contribution in [0.4, 0.5) is 13.2 Å². The lowest BCUT2D eigenvalue weighted by molar-refractivity contribution is -0.215. The predicted molar refractivity (Wildman–Crippen MR) is 110 cm³/mol. The van der Waals surface area contributed by atoms with Gasteiger partial charge in [0.15, 0.2) is 11.8 Å². The number of furan rings is 1. The van der Waals surface area contributed by atoms with Crippen LogP contribution in [0.5, 0.6) is 0 Å².